The van der Waals surface area contributed by atoms with Crippen molar-refractivity contribution in [2.24, 2.45) is 14.1 Å². The first-order valence-electron chi connectivity index (χ1n) is 8.43. The van der Waals surface area contributed by atoms with E-state index in [0.717, 1.165) is 4.57 Å². The van der Waals surface area contributed by atoms with Crippen molar-refractivity contribution in [2.45, 2.75) is 13.1 Å². The minimum atomic E-state index is -0.461. The molecule has 0 spiro atoms. The lowest BCUT2D eigenvalue weighted by molar-refractivity contribution is -0.384. The third-order valence-corrected chi connectivity index (χ3v) is 4.99. The van der Waals surface area contributed by atoms with Gasteiger partial charge in [-0.15, -0.1) is 0 Å². The summed E-state index contributed by atoms with van der Waals surface area (Å²) < 4.78 is 4.08. The van der Waals surface area contributed by atoms with Crippen molar-refractivity contribution in [1.29, 1.82) is 0 Å². The van der Waals surface area contributed by atoms with Crippen molar-refractivity contribution in [3.8, 4) is 0 Å². The van der Waals surface area contributed by atoms with Gasteiger partial charge >= 0.3 is 5.69 Å². The van der Waals surface area contributed by atoms with Gasteiger partial charge in [0.15, 0.2) is 11.2 Å². The Labute approximate surface area is 164 Å². The molecular formula is C17H19ClN6O4. The van der Waals surface area contributed by atoms with Crippen LogP contribution in [0.1, 0.15) is 5.56 Å². The Morgan fingerprint density at radius 1 is 1.25 bits per heavy atom. The van der Waals surface area contributed by atoms with Gasteiger partial charge in [0.1, 0.15) is 0 Å². The summed E-state index contributed by atoms with van der Waals surface area (Å²) in [6.45, 7) is 1.40. The molecule has 0 saturated heterocycles. The molecule has 0 aliphatic carbocycles. The fraction of sp³-hybridized carbons (Fsp3) is 0.353. The van der Waals surface area contributed by atoms with Crippen molar-refractivity contribution in [2.75, 3.05) is 13.6 Å². The highest BCUT2D eigenvalue weighted by Crippen LogP contribution is 2.23. The zero-order valence-electron chi connectivity index (χ0n) is 15.6. The maximum atomic E-state index is 12.5. The average molecular weight is 407 g/mol. The van der Waals surface area contributed by atoms with Crippen molar-refractivity contribution < 1.29 is 4.92 Å². The predicted octanol–water partition coefficient (Wildman–Crippen LogP) is 1.13. The number of rotatable bonds is 6. The van der Waals surface area contributed by atoms with Gasteiger partial charge in [-0.05, 0) is 18.7 Å². The first-order chi connectivity index (χ1) is 13.2. The van der Waals surface area contributed by atoms with E-state index in [9.17, 15) is 19.7 Å². The number of nitro benzene ring substituents is 1. The standard InChI is InChI=1S/C17H19ClN6O4/c1-20(9-11-8-12(24(27)28)4-5-13(11)18)6-7-23-10-19-15-14(23)16(25)22(3)17(26)21(15)2/h4-5,8,10H,6-7,9H2,1-3H3. The van der Waals surface area contributed by atoms with E-state index in [-0.39, 0.29) is 5.69 Å². The second-order valence-electron chi connectivity index (χ2n) is 6.59. The van der Waals surface area contributed by atoms with Crippen LogP contribution in [0.5, 0.6) is 0 Å². The molecular weight excluding hydrogens is 388 g/mol. The van der Waals surface area contributed by atoms with Gasteiger partial charge in [0.05, 0.1) is 11.3 Å². The van der Waals surface area contributed by atoms with Gasteiger partial charge < -0.3 is 9.47 Å². The molecule has 10 nitrogen and oxygen atoms in total. The van der Waals surface area contributed by atoms with Crippen molar-refractivity contribution in [3.63, 3.8) is 0 Å². The summed E-state index contributed by atoms with van der Waals surface area (Å²) in [6.07, 6.45) is 1.53. The van der Waals surface area contributed by atoms with Gasteiger partial charge in [-0.25, -0.2) is 9.78 Å². The Balaban J connectivity index is 1.80. The molecule has 28 heavy (non-hydrogen) atoms. The molecule has 0 unspecified atom stereocenters. The van der Waals surface area contributed by atoms with E-state index in [2.05, 4.69) is 4.98 Å². The Morgan fingerprint density at radius 3 is 2.64 bits per heavy atom. The second-order valence-corrected chi connectivity index (χ2v) is 6.99. The van der Waals surface area contributed by atoms with Crippen LogP contribution in [0.4, 0.5) is 5.69 Å². The van der Waals surface area contributed by atoms with E-state index in [4.69, 9.17) is 11.6 Å². The number of fused-ring (bicyclic) bond motifs is 1. The highest BCUT2D eigenvalue weighted by atomic mass is 35.5. The number of non-ortho nitro benzene ring substituents is 1. The fourth-order valence-corrected chi connectivity index (χ4v) is 3.19. The fourth-order valence-electron chi connectivity index (χ4n) is 3.01. The largest absolute Gasteiger partial charge is 0.332 e. The molecule has 0 aliphatic heterocycles. The highest BCUT2D eigenvalue weighted by molar-refractivity contribution is 6.31. The predicted molar refractivity (Wildman–Crippen MR) is 105 cm³/mol. The molecule has 2 heterocycles. The number of halogens is 1. The molecule has 2 aromatic heterocycles. The number of hydrogen-bond acceptors (Lipinski definition) is 6. The summed E-state index contributed by atoms with van der Waals surface area (Å²) in [5, 5.41) is 11.4. The second kappa shape index (κ2) is 7.56. The van der Waals surface area contributed by atoms with Crippen LogP contribution in [0, 0.1) is 10.1 Å². The molecule has 0 aliphatic rings. The van der Waals surface area contributed by atoms with Crippen LogP contribution < -0.4 is 11.2 Å². The molecule has 0 N–H and O–H groups in total. The van der Waals surface area contributed by atoms with Crippen LogP contribution in [0.15, 0.2) is 34.1 Å². The maximum Gasteiger partial charge on any atom is 0.332 e. The normalized spacial score (nSPS) is 11.5. The summed E-state index contributed by atoms with van der Waals surface area (Å²) in [6, 6.07) is 4.33. The third-order valence-electron chi connectivity index (χ3n) is 4.62. The summed E-state index contributed by atoms with van der Waals surface area (Å²) in [4.78, 5) is 41.1. The third kappa shape index (κ3) is 3.56. The van der Waals surface area contributed by atoms with Gasteiger partial charge in [-0.2, -0.15) is 0 Å². The molecule has 0 bridgehead atoms. The number of nitro groups is 1. The van der Waals surface area contributed by atoms with E-state index >= 15 is 0 Å². The lowest BCUT2D eigenvalue weighted by Crippen LogP contribution is -2.37. The molecule has 0 amide bonds. The van der Waals surface area contributed by atoms with Crippen LogP contribution >= 0.6 is 11.6 Å². The number of aromatic nitrogens is 4. The monoisotopic (exact) mass is 406 g/mol. The van der Waals surface area contributed by atoms with Crippen LogP contribution in [0.2, 0.25) is 5.02 Å². The molecule has 11 heteroatoms. The van der Waals surface area contributed by atoms with Crippen LogP contribution in [-0.4, -0.2) is 42.1 Å². The van der Waals surface area contributed by atoms with Gasteiger partial charge in [0, 0.05) is 50.9 Å². The van der Waals surface area contributed by atoms with E-state index in [1.54, 1.807) is 11.6 Å². The van der Waals surface area contributed by atoms with Gasteiger partial charge in [-0.1, -0.05) is 11.6 Å². The Morgan fingerprint density at radius 2 is 1.96 bits per heavy atom. The summed E-state index contributed by atoms with van der Waals surface area (Å²) >= 11 is 6.15. The minimum Gasteiger partial charge on any atom is -0.323 e. The number of hydrogen-bond donors (Lipinski definition) is 0. The van der Waals surface area contributed by atoms with Crippen LogP contribution in [0.3, 0.4) is 0 Å². The number of imidazole rings is 1. The minimum absolute atomic E-state index is 0.0159. The lowest BCUT2D eigenvalue weighted by Gasteiger charge is -2.18. The molecule has 0 radical (unpaired) electrons. The van der Waals surface area contributed by atoms with Gasteiger partial charge in [0.25, 0.3) is 11.2 Å². The van der Waals surface area contributed by atoms with E-state index in [0.29, 0.717) is 41.4 Å². The Kier molecular flexibility index (Phi) is 5.34. The average Bonchev–Trinajstić information content (AvgIpc) is 3.08. The number of nitrogens with zero attached hydrogens (tertiary/aromatic N) is 6. The first kappa shape index (κ1) is 19.8. The van der Waals surface area contributed by atoms with Crippen LogP contribution in [-0.2, 0) is 27.2 Å². The summed E-state index contributed by atoms with van der Waals surface area (Å²) in [5.41, 5.74) is 0.481. The number of likely N-dealkylation sites (N-methyl/N-ethyl adjacent to an activating group) is 1. The first-order valence-corrected chi connectivity index (χ1v) is 8.80. The summed E-state index contributed by atoms with van der Waals surface area (Å²) in [5.74, 6) is 0. The molecule has 0 saturated carbocycles. The van der Waals surface area contributed by atoms with E-state index < -0.39 is 16.2 Å². The smallest absolute Gasteiger partial charge is 0.323 e. The highest BCUT2D eigenvalue weighted by Gasteiger charge is 2.15. The zero-order valence-corrected chi connectivity index (χ0v) is 16.4. The van der Waals surface area contributed by atoms with E-state index in [1.165, 1.54) is 36.1 Å². The Hall–Kier alpha value is -2.98. The molecule has 0 atom stereocenters. The maximum absolute atomic E-state index is 12.5. The van der Waals surface area contributed by atoms with Gasteiger partial charge in [0.2, 0.25) is 0 Å². The zero-order chi connectivity index (χ0) is 20.6. The molecule has 3 aromatic rings. The number of benzene rings is 1. The van der Waals surface area contributed by atoms with Crippen LogP contribution in [0.25, 0.3) is 11.2 Å². The Bertz CT molecular complexity index is 1180. The molecule has 0 fully saturated rings. The molecule has 148 valence electrons. The van der Waals surface area contributed by atoms with E-state index in [1.807, 2.05) is 11.9 Å². The molecule has 1 aromatic carbocycles. The van der Waals surface area contributed by atoms with Gasteiger partial charge in [-0.3, -0.25) is 24.0 Å². The van der Waals surface area contributed by atoms with Crippen molar-refractivity contribution >= 4 is 28.5 Å². The summed E-state index contributed by atoms with van der Waals surface area (Å²) in [7, 11) is 4.85. The quantitative estimate of drug-likeness (QED) is 0.448. The topological polar surface area (TPSA) is 108 Å². The molecule has 3 rings (SSSR count). The lowest BCUT2D eigenvalue weighted by atomic mass is 10.2. The van der Waals surface area contributed by atoms with Crippen molar-refractivity contribution in [1.82, 2.24) is 23.6 Å². The number of aryl methyl sites for hydroxylation is 1. The SMILES string of the molecule is CN(CCn1cnc2c1c(=O)n(C)c(=O)n2C)Cc1cc([N+](=O)[O-])ccc1Cl. The van der Waals surface area contributed by atoms with Crippen molar-refractivity contribution in [3.05, 3.63) is 66.1 Å².